The van der Waals surface area contributed by atoms with Gasteiger partial charge in [0.05, 0.1) is 5.56 Å². The molecule has 2 rings (SSSR count). The first-order valence-electron chi connectivity index (χ1n) is 4.83. The summed E-state index contributed by atoms with van der Waals surface area (Å²) in [7, 11) is -3.64. The molecule has 5 nitrogen and oxygen atoms in total. The maximum absolute atomic E-state index is 11.9. The molecule has 96 valence electrons. The molecule has 0 spiro atoms. The van der Waals surface area contributed by atoms with Crippen LogP contribution in [0.2, 0.25) is 0 Å². The topological polar surface area (TPSA) is 83.5 Å². The maximum atomic E-state index is 11.9. The second-order valence-corrected chi connectivity index (χ2v) is 7.30. The van der Waals surface area contributed by atoms with Gasteiger partial charge >= 0.3 is 5.97 Å². The van der Waals surface area contributed by atoms with E-state index in [1.54, 1.807) is 0 Å². The molecule has 0 bridgehead atoms. The zero-order valence-electron chi connectivity index (χ0n) is 8.99. The highest BCUT2D eigenvalue weighted by Crippen LogP contribution is 2.20. The van der Waals surface area contributed by atoms with E-state index in [1.807, 2.05) is 17.5 Å². The molecule has 2 N–H and O–H groups in total. The predicted molar refractivity (Wildman–Crippen MR) is 69.6 cm³/mol. The van der Waals surface area contributed by atoms with E-state index in [2.05, 4.69) is 4.72 Å². The van der Waals surface area contributed by atoms with Crippen LogP contribution in [-0.2, 0) is 16.6 Å². The second-order valence-electron chi connectivity index (χ2n) is 3.36. The molecule has 0 fully saturated rings. The molecule has 2 aromatic rings. The van der Waals surface area contributed by atoms with E-state index < -0.39 is 16.0 Å². The molecule has 2 heterocycles. The fraction of sp³-hybridized carbons (Fsp3) is 0.100. The number of aromatic carboxylic acids is 1. The summed E-state index contributed by atoms with van der Waals surface area (Å²) >= 11 is 2.35. The van der Waals surface area contributed by atoms with Crippen molar-refractivity contribution in [1.29, 1.82) is 0 Å². The molecular weight excluding hydrogens is 294 g/mol. The van der Waals surface area contributed by atoms with Crippen molar-refractivity contribution in [2.45, 2.75) is 10.8 Å². The molecule has 0 atom stereocenters. The third kappa shape index (κ3) is 2.96. The van der Waals surface area contributed by atoms with Gasteiger partial charge in [0, 0.05) is 16.8 Å². The molecule has 0 saturated heterocycles. The fourth-order valence-electron chi connectivity index (χ4n) is 1.22. The van der Waals surface area contributed by atoms with E-state index in [9.17, 15) is 13.2 Å². The molecule has 0 radical (unpaired) electrons. The van der Waals surface area contributed by atoms with Crippen LogP contribution in [0.25, 0.3) is 0 Å². The molecule has 0 aromatic carbocycles. The molecule has 2 aromatic heterocycles. The minimum atomic E-state index is -3.64. The Kier molecular flexibility index (Phi) is 3.81. The van der Waals surface area contributed by atoms with Gasteiger partial charge in [-0.05, 0) is 17.5 Å². The summed E-state index contributed by atoms with van der Waals surface area (Å²) < 4.78 is 26.2. The number of carbonyl (C=O) groups is 1. The van der Waals surface area contributed by atoms with Gasteiger partial charge in [-0.15, -0.1) is 22.7 Å². The monoisotopic (exact) mass is 303 g/mol. The van der Waals surface area contributed by atoms with Crippen molar-refractivity contribution in [2.24, 2.45) is 0 Å². The van der Waals surface area contributed by atoms with Gasteiger partial charge in [0.1, 0.15) is 4.21 Å². The number of sulfonamides is 1. The zero-order valence-corrected chi connectivity index (χ0v) is 11.4. The largest absolute Gasteiger partial charge is 0.478 e. The number of hydrogen-bond acceptors (Lipinski definition) is 5. The van der Waals surface area contributed by atoms with Gasteiger partial charge in [0.15, 0.2) is 0 Å². The molecule has 0 saturated carbocycles. The Morgan fingerprint density at radius 2 is 2.17 bits per heavy atom. The van der Waals surface area contributed by atoms with Crippen molar-refractivity contribution in [3.63, 3.8) is 0 Å². The maximum Gasteiger partial charge on any atom is 0.336 e. The first kappa shape index (κ1) is 13.2. The van der Waals surface area contributed by atoms with Gasteiger partial charge in [-0.2, -0.15) is 0 Å². The van der Waals surface area contributed by atoms with E-state index in [1.165, 1.54) is 16.7 Å². The first-order valence-corrected chi connectivity index (χ1v) is 8.07. The Bertz CT molecular complexity index is 642. The van der Waals surface area contributed by atoms with Crippen molar-refractivity contribution in [1.82, 2.24) is 4.72 Å². The zero-order chi connectivity index (χ0) is 13.2. The van der Waals surface area contributed by atoms with Gasteiger partial charge in [-0.1, -0.05) is 6.07 Å². The smallest absolute Gasteiger partial charge is 0.336 e. The number of carboxylic acids is 1. The summed E-state index contributed by atoms with van der Waals surface area (Å²) in [6.45, 7) is 0.209. The van der Waals surface area contributed by atoms with Crippen molar-refractivity contribution < 1.29 is 18.3 Å². The third-order valence-corrected chi connectivity index (χ3v) is 5.82. The lowest BCUT2D eigenvalue weighted by atomic mass is 10.4. The summed E-state index contributed by atoms with van der Waals surface area (Å²) in [5, 5.41) is 11.9. The summed E-state index contributed by atoms with van der Waals surface area (Å²) in [6, 6.07) is 4.82. The molecule has 0 aliphatic heterocycles. The van der Waals surface area contributed by atoms with Crippen molar-refractivity contribution >= 4 is 38.7 Å². The number of rotatable bonds is 5. The average Bonchev–Trinajstić information content (AvgIpc) is 2.98. The highest BCUT2D eigenvalue weighted by atomic mass is 32.2. The van der Waals surface area contributed by atoms with Gasteiger partial charge in [-0.3, -0.25) is 0 Å². The number of hydrogen-bond donors (Lipinski definition) is 2. The quantitative estimate of drug-likeness (QED) is 0.884. The molecule has 0 amide bonds. The van der Waals surface area contributed by atoms with Crippen molar-refractivity contribution in [3.8, 4) is 0 Å². The van der Waals surface area contributed by atoms with Gasteiger partial charge < -0.3 is 5.11 Å². The van der Waals surface area contributed by atoms with E-state index in [0.29, 0.717) is 0 Å². The fourth-order valence-corrected chi connectivity index (χ4v) is 4.16. The summed E-state index contributed by atoms with van der Waals surface area (Å²) in [4.78, 5) is 11.6. The van der Waals surface area contributed by atoms with Crippen molar-refractivity contribution in [2.75, 3.05) is 0 Å². The SMILES string of the molecule is O=C(O)c1csc(S(=O)(=O)NCc2cccs2)c1. The van der Waals surface area contributed by atoms with Crippen LogP contribution in [0, 0.1) is 0 Å². The average molecular weight is 303 g/mol. The number of carboxylic acid groups (broad SMARTS) is 1. The Morgan fingerprint density at radius 1 is 1.39 bits per heavy atom. The van der Waals surface area contributed by atoms with Gasteiger partial charge in [0.25, 0.3) is 0 Å². The minimum absolute atomic E-state index is 0.0106. The van der Waals surface area contributed by atoms with Crippen molar-refractivity contribution in [3.05, 3.63) is 39.4 Å². The second kappa shape index (κ2) is 5.19. The van der Waals surface area contributed by atoms with Crippen LogP contribution in [-0.4, -0.2) is 19.5 Å². The number of nitrogens with one attached hydrogen (secondary N) is 1. The lowest BCUT2D eigenvalue weighted by Gasteiger charge is -2.02. The third-order valence-electron chi connectivity index (χ3n) is 2.10. The summed E-state index contributed by atoms with van der Waals surface area (Å²) in [5.41, 5.74) is -0.0171. The lowest BCUT2D eigenvalue weighted by Crippen LogP contribution is -2.21. The first-order chi connectivity index (χ1) is 8.49. The van der Waals surface area contributed by atoms with Crippen LogP contribution in [0.4, 0.5) is 0 Å². The predicted octanol–water partition coefficient (Wildman–Crippen LogP) is 1.99. The highest BCUT2D eigenvalue weighted by Gasteiger charge is 2.18. The Balaban J connectivity index is 2.12. The van der Waals surface area contributed by atoms with E-state index in [0.717, 1.165) is 22.3 Å². The van der Waals surface area contributed by atoms with Crippen LogP contribution in [0.5, 0.6) is 0 Å². The van der Waals surface area contributed by atoms with Crippen LogP contribution in [0.3, 0.4) is 0 Å². The molecule has 18 heavy (non-hydrogen) atoms. The van der Waals surface area contributed by atoms with Crippen LogP contribution < -0.4 is 4.72 Å². The minimum Gasteiger partial charge on any atom is -0.478 e. The standard InChI is InChI=1S/C10H9NO4S3/c12-10(13)7-4-9(17-6-7)18(14,15)11-5-8-2-1-3-16-8/h1-4,6,11H,5H2,(H,12,13). The van der Waals surface area contributed by atoms with E-state index in [4.69, 9.17) is 5.11 Å². The summed E-state index contributed by atoms with van der Waals surface area (Å²) in [5.74, 6) is -1.13. The van der Waals surface area contributed by atoms with Crippen LogP contribution in [0.15, 0.2) is 33.2 Å². The number of thiophene rings is 2. The van der Waals surface area contributed by atoms with Gasteiger partial charge in [-0.25, -0.2) is 17.9 Å². The highest BCUT2D eigenvalue weighted by molar-refractivity contribution is 7.91. The van der Waals surface area contributed by atoms with Crippen LogP contribution >= 0.6 is 22.7 Å². The lowest BCUT2D eigenvalue weighted by molar-refractivity contribution is 0.0697. The Hall–Kier alpha value is -1.22. The normalized spacial score (nSPS) is 11.6. The molecule has 8 heteroatoms. The Labute approximate surface area is 112 Å². The molecule has 0 aliphatic rings. The molecule has 0 unspecified atom stereocenters. The summed E-state index contributed by atoms with van der Waals surface area (Å²) in [6.07, 6.45) is 0. The van der Waals surface area contributed by atoms with Crippen LogP contribution in [0.1, 0.15) is 15.2 Å². The Morgan fingerprint density at radius 3 is 2.72 bits per heavy atom. The van der Waals surface area contributed by atoms with Gasteiger partial charge in [0.2, 0.25) is 10.0 Å². The van der Waals surface area contributed by atoms with E-state index in [-0.39, 0.29) is 16.3 Å². The van der Waals surface area contributed by atoms with E-state index >= 15 is 0 Å². The molecule has 0 aliphatic carbocycles. The molecular formula is C10H9NO4S3.